The second kappa shape index (κ2) is 5.44. The molecule has 0 saturated carbocycles. The van der Waals surface area contributed by atoms with E-state index in [9.17, 15) is 8.78 Å². The zero-order valence-electron chi connectivity index (χ0n) is 11.3. The van der Waals surface area contributed by atoms with E-state index in [0.717, 1.165) is 6.07 Å². The van der Waals surface area contributed by atoms with Crippen LogP contribution in [0.3, 0.4) is 0 Å². The van der Waals surface area contributed by atoms with Crippen molar-refractivity contribution in [3.05, 3.63) is 48.3 Å². The monoisotopic (exact) mass is 310 g/mol. The largest absolute Gasteiger partial charge is 0.335 e. The predicted molar refractivity (Wildman–Crippen MR) is 76.1 cm³/mol. The van der Waals surface area contributed by atoms with Crippen molar-refractivity contribution in [2.45, 2.75) is 25.4 Å². The Balaban J connectivity index is 2.11. The van der Waals surface area contributed by atoms with E-state index >= 15 is 0 Å². The molecule has 0 spiro atoms. The molecule has 0 N–H and O–H groups in total. The number of benzene rings is 1. The highest BCUT2D eigenvalue weighted by Crippen LogP contribution is 2.26. The van der Waals surface area contributed by atoms with Gasteiger partial charge in [-0.25, -0.2) is 18.7 Å². The van der Waals surface area contributed by atoms with E-state index in [-0.39, 0.29) is 17.4 Å². The van der Waals surface area contributed by atoms with Crippen LogP contribution in [0.2, 0.25) is 0 Å². The highest BCUT2D eigenvalue weighted by Gasteiger charge is 2.19. The van der Waals surface area contributed by atoms with Crippen molar-refractivity contribution in [2.75, 3.05) is 0 Å². The van der Waals surface area contributed by atoms with Crippen LogP contribution in [0.5, 0.6) is 0 Å². The van der Waals surface area contributed by atoms with Gasteiger partial charge in [-0.15, -0.1) is 11.6 Å². The molecule has 0 amide bonds. The van der Waals surface area contributed by atoms with Crippen LogP contribution in [0.25, 0.3) is 11.0 Å². The van der Waals surface area contributed by atoms with Gasteiger partial charge in [0.15, 0.2) is 5.82 Å². The first kappa shape index (κ1) is 14.0. The molecule has 0 aliphatic rings. The number of hydrogen-bond donors (Lipinski definition) is 0. The lowest BCUT2D eigenvalue weighted by Gasteiger charge is -2.17. The molecule has 4 nitrogen and oxygen atoms in total. The maximum atomic E-state index is 13.8. The highest BCUT2D eigenvalue weighted by molar-refractivity contribution is 6.16. The minimum atomic E-state index is -0.676. The summed E-state index contributed by atoms with van der Waals surface area (Å²) in [6.07, 6.45) is 5.20. The lowest BCUT2D eigenvalue weighted by molar-refractivity contribution is 0.464. The summed E-state index contributed by atoms with van der Waals surface area (Å²) in [6, 6.07) is 2.04. The third-order valence-corrected chi connectivity index (χ3v) is 3.62. The lowest BCUT2D eigenvalue weighted by Crippen LogP contribution is -2.14. The molecule has 1 atom stereocenters. The molecule has 3 aromatic rings. The van der Waals surface area contributed by atoms with Gasteiger partial charge in [0, 0.05) is 25.0 Å². The van der Waals surface area contributed by atoms with E-state index in [2.05, 4.69) is 9.97 Å². The van der Waals surface area contributed by atoms with Gasteiger partial charge in [0.05, 0.1) is 23.8 Å². The molecule has 21 heavy (non-hydrogen) atoms. The predicted octanol–water partition coefficient (Wildman–Crippen LogP) is 3.51. The number of halogens is 3. The van der Waals surface area contributed by atoms with Gasteiger partial charge >= 0.3 is 0 Å². The first-order valence-electron chi connectivity index (χ1n) is 6.47. The number of rotatable bonds is 4. The molecule has 3 rings (SSSR count). The maximum absolute atomic E-state index is 13.8. The van der Waals surface area contributed by atoms with Crippen LogP contribution in [0.4, 0.5) is 8.78 Å². The molecule has 0 bridgehead atoms. The van der Waals surface area contributed by atoms with Crippen molar-refractivity contribution in [2.24, 2.45) is 0 Å². The van der Waals surface area contributed by atoms with Crippen molar-refractivity contribution in [3.63, 3.8) is 0 Å². The third kappa shape index (κ3) is 2.51. The molecule has 1 unspecified atom stereocenters. The Morgan fingerprint density at radius 1 is 1.33 bits per heavy atom. The molecule has 0 saturated heterocycles. The number of hydrogen-bond acceptors (Lipinski definition) is 2. The number of alkyl halides is 1. The Morgan fingerprint density at radius 2 is 2.14 bits per heavy atom. The Kier molecular flexibility index (Phi) is 3.63. The number of aromatic nitrogens is 4. The molecular weight excluding hydrogens is 298 g/mol. The first-order valence-corrected chi connectivity index (χ1v) is 7.01. The molecule has 0 aliphatic carbocycles. The first-order chi connectivity index (χ1) is 10.1. The summed E-state index contributed by atoms with van der Waals surface area (Å²) >= 11 is 5.90. The van der Waals surface area contributed by atoms with Crippen molar-refractivity contribution >= 4 is 22.6 Å². The van der Waals surface area contributed by atoms with Gasteiger partial charge in [0.1, 0.15) is 17.2 Å². The zero-order valence-corrected chi connectivity index (χ0v) is 12.1. The minimum absolute atomic E-state index is 0.0702. The van der Waals surface area contributed by atoms with Gasteiger partial charge in [-0.3, -0.25) is 0 Å². The maximum Gasteiger partial charge on any atom is 0.153 e. The van der Waals surface area contributed by atoms with E-state index < -0.39 is 11.6 Å². The minimum Gasteiger partial charge on any atom is -0.335 e. The smallest absolute Gasteiger partial charge is 0.153 e. The number of fused-ring (bicyclic) bond motifs is 1. The Hall–Kier alpha value is -1.95. The summed E-state index contributed by atoms with van der Waals surface area (Å²) in [5, 5.41) is 0. The molecule has 2 heterocycles. The zero-order chi connectivity index (χ0) is 15.0. The Bertz CT molecular complexity index is 767. The standard InChI is InChI=1S/C14H13ClF2N4/c1-9(7-20-3-2-18-8-20)21-12-5-10(16)4-11(17)14(12)19-13(21)6-15/h2-5,8-9H,6-7H2,1H3. The fourth-order valence-electron chi connectivity index (χ4n) is 2.54. The quantitative estimate of drug-likeness (QED) is 0.691. The van der Waals surface area contributed by atoms with Gasteiger partial charge in [-0.05, 0) is 13.0 Å². The van der Waals surface area contributed by atoms with Crippen LogP contribution in [-0.4, -0.2) is 19.1 Å². The Labute approximate surface area is 125 Å². The lowest BCUT2D eigenvalue weighted by atomic mass is 10.2. The van der Waals surface area contributed by atoms with Gasteiger partial charge in [0.25, 0.3) is 0 Å². The molecule has 0 aliphatic heterocycles. The summed E-state index contributed by atoms with van der Waals surface area (Å²) in [6.45, 7) is 2.55. The fraction of sp³-hybridized carbons (Fsp3) is 0.286. The van der Waals surface area contributed by atoms with Crippen LogP contribution < -0.4 is 0 Å². The summed E-state index contributed by atoms with van der Waals surface area (Å²) in [5.41, 5.74) is 0.556. The highest BCUT2D eigenvalue weighted by atomic mass is 35.5. The van der Waals surface area contributed by atoms with Crippen molar-refractivity contribution in [1.29, 1.82) is 0 Å². The molecule has 7 heteroatoms. The summed E-state index contributed by atoms with van der Waals surface area (Å²) in [7, 11) is 0. The average Bonchev–Trinajstić information content (AvgIpc) is 3.05. The van der Waals surface area contributed by atoms with Crippen LogP contribution in [0, 0.1) is 11.6 Å². The average molecular weight is 311 g/mol. The van der Waals surface area contributed by atoms with E-state index in [0.29, 0.717) is 17.9 Å². The van der Waals surface area contributed by atoms with Crippen LogP contribution in [0.1, 0.15) is 18.8 Å². The van der Waals surface area contributed by atoms with E-state index in [1.807, 2.05) is 17.7 Å². The molecule has 0 radical (unpaired) electrons. The molecule has 2 aromatic heterocycles. The SMILES string of the molecule is CC(Cn1ccnc1)n1c(CCl)nc2c(F)cc(F)cc21. The van der Waals surface area contributed by atoms with Gasteiger partial charge in [-0.2, -0.15) is 0 Å². The normalized spacial score (nSPS) is 13.0. The Morgan fingerprint density at radius 3 is 2.81 bits per heavy atom. The third-order valence-electron chi connectivity index (χ3n) is 3.38. The van der Waals surface area contributed by atoms with Gasteiger partial charge in [0.2, 0.25) is 0 Å². The molecule has 1 aromatic carbocycles. The van der Waals surface area contributed by atoms with E-state index in [1.54, 1.807) is 17.1 Å². The molecule has 110 valence electrons. The van der Waals surface area contributed by atoms with E-state index in [1.165, 1.54) is 6.07 Å². The molecular formula is C14H13ClF2N4. The summed E-state index contributed by atoms with van der Waals surface area (Å²) < 4.78 is 31.0. The van der Waals surface area contributed by atoms with Crippen LogP contribution in [0.15, 0.2) is 30.9 Å². The fourth-order valence-corrected chi connectivity index (χ4v) is 2.72. The summed E-state index contributed by atoms with van der Waals surface area (Å²) in [5.74, 6) is -0.657. The summed E-state index contributed by atoms with van der Waals surface area (Å²) in [4.78, 5) is 8.17. The van der Waals surface area contributed by atoms with Gasteiger partial charge < -0.3 is 9.13 Å². The second-order valence-corrected chi connectivity index (χ2v) is 5.16. The number of imidazole rings is 2. The van der Waals surface area contributed by atoms with Crippen LogP contribution in [-0.2, 0) is 12.4 Å². The molecule has 0 fully saturated rings. The van der Waals surface area contributed by atoms with E-state index in [4.69, 9.17) is 11.6 Å². The topological polar surface area (TPSA) is 35.6 Å². The van der Waals surface area contributed by atoms with Crippen molar-refractivity contribution < 1.29 is 8.78 Å². The van der Waals surface area contributed by atoms with Gasteiger partial charge in [-0.1, -0.05) is 0 Å². The van der Waals surface area contributed by atoms with Crippen molar-refractivity contribution in [1.82, 2.24) is 19.1 Å². The van der Waals surface area contributed by atoms with Crippen LogP contribution >= 0.6 is 11.6 Å². The number of nitrogens with zero attached hydrogens (tertiary/aromatic N) is 4. The van der Waals surface area contributed by atoms with Crippen molar-refractivity contribution in [3.8, 4) is 0 Å². The second-order valence-electron chi connectivity index (χ2n) is 4.90.